The first-order valence-electron chi connectivity index (χ1n) is 5.16. The molecule has 4 heteroatoms. The molecule has 0 heterocycles. The number of hydrogen-bond donors (Lipinski definition) is 1. The monoisotopic (exact) mass is 210 g/mol. The largest absolute Gasteiger partial charge is 0.478 e. The number of carbonyl (C=O) groups is 2. The Morgan fingerprint density at radius 1 is 1.47 bits per heavy atom. The Bertz CT molecular complexity index is 331. The van der Waals surface area contributed by atoms with E-state index in [4.69, 9.17) is 9.84 Å². The van der Waals surface area contributed by atoms with Crippen molar-refractivity contribution in [2.75, 3.05) is 7.11 Å². The number of rotatable bonds is 2. The number of fused-ring (bicyclic) bond motifs is 2. The van der Waals surface area contributed by atoms with E-state index in [-0.39, 0.29) is 23.7 Å². The fraction of sp³-hybridized carbons (Fsp3) is 0.636. The van der Waals surface area contributed by atoms with E-state index < -0.39 is 5.97 Å². The summed E-state index contributed by atoms with van der Waals surface area (Å²) in [5.41, 5.74) is 0.410. The lowest BCUT2D eigenvalue weighted by molar-refractivity contribution is -0.149. The van der Waals surface area contributed by atoms with Crippen molar-refractivity contribution in [2.45, 2.75) is 19.3 Å². The summed E-state index contributed by atoms with van der Waals surface area (Å²) in [6.07, 6.45) is 4.35. The van der Waals surface area contributed by atoms with Crippen LogP contribution in [0.15, 0.2) is 11.6 Å². The molecule has 0 saturated heterocycles. The van der Waals surface area contributed by atoms with Crippen LogP contribution < -0.4 is 0 Å². The minimum Gasteiger partial charge on any atom is -0.478 e. The molecule has 0 aromatic rings. The topological polar surface area (TPSA) is 63.6 Å². The molecule has 0 aromatic heterocycles. The second kappa shape index (κ2) is 3.68. The van der Waals surface area contributed by atoms with Gasteiger partial charge in [0, 0.05) is 11.5 Å². The van der Waals surface area contributed by atoms with E-state index in [1.54, 1.807) is 0 Å². The first-order valence-corrected chi connectivity index (χ1v) is 5.16. The molecule has 4 nitrogen and oxygen atoms in total. The number of aliphatic carboxylic acids is 1. The Balaban J connectivity index is 2.25. The lowest BCUT2D eigenvalue weighted by Crippen LogP contribution is -2.38. The zero-order chi connectivity index (χ0) is 11.0. The molecule has 3 rings (SSSR count). The third-order valence-corrected chi connectivity index (χ3v) is 3.46. The Morgan fingerprint density at radius 3 is 2.73 bits per heavy atom. The Labute approximate surface area is 87.9 Å². The highest BCUT2D eigenvalue weighted by Crippen LogP contribution is 2.44. The van der Waals surface area contributed by atoms with Crippen LogP contribution >= 0.6 is 0 Å². The van der Waals surface area contributed by atoms with Crippen LogP contribution in [0, 0.1) is 17.8 Å². The summed E-state index contributed by atoms with van der Waals surface area (Å²) < 4.78 is 4.71. The molecule has 0 aromatic carbocycles. The smallest absolute Gasteiger partial charge is 0.331 e. The molecule has 1 saturated carbocycles. The Hall–Kier alpha value is -1.32. The molecule has 3 aliphatic rings. The van der Waals surface area contributed by atoms with Crippen molar-refractivity contribution in [3.8, 4) is 0 Å². The minimum atomic E-state index is -0.890. The SMILES string of the molecule is COC(=O)C1CC2C=C(C(=O)O)C1CC2. The molecule has 3 atom stereocenters. The van der Waals surface area contributed by atoms with E-state index in [1.807, 2.05) is 6.08 Å². The second-order valence-electron chi connectivity index (χ2n) is 4.24. The predicted molar refractivity (Wildman–Crippen MR) is 52.1 cm³/mol. The third-order valence-electron chi connectivity index (χ3n) is 3.46. The van der Waals surface area contributed by atoms with Gasteiger partial charge < -0.3 is 9.84 Å². The molecular formula is C11H14O4. The minimum absolute atomic E-state index is 0.139. The zero-order valence-electron chi connectivity index (χ0n) is 8.60. The van der Waals surface area contributed by atoms with Gasteiger partial charge in [0.05, 0.1) is 13.0 Å². The highest BCUT2D eigenvalue weighted by Gasteiger charge is 2.43. The number of ether oxygens (including phenoxy) is 1. The molecule has 0 radical (unpaired) electrons. The van der Waals surface area contributed by atoms with E-state index in [0.717, 1.165) is 19.3 Å². The zero-order valence-corrected chi connectivity index (χ0v) is 8.60. The highest BCUT2D eigenvalue weighted by molar-refractivity contribution is 5.89. The maximum atomic E-state index is 11.5. The van der Waals surface area contributed by atoms with E-state index in [2.05, 4.69) is 0 Å². The molecule has 15 heavy (non-hydrogen) atoms. The van der Waals surface area contributed by atoms with E-state index in [1.165, 1.54) is 7.11 Å². The van der Waals surface area contributed by atoms with Gasteiger partial charge >= 0.3 is 11.9 Å². The van der Waals surface area contributed by atoms with E-state index >= 15 is 0 Å². The second-order valence-corrected chi connectivity index (χ2v) is 4.24. The predicted octanol–water partition coefficient (Wildman–Crippen LogP) is 1.22. The highest BCUT2D eigenvalue weighted by atomic mass is 16.5. The van der Waals surface area contributed by atoms with Crippen LogP contribution in [-0.4, -0.2) is 24.2 Å². The number of esters is 1. The normalized spacial score (nSPS) is 33.4. The van der Waals surface area contributed by atoms with Crippen molar-refractivity contribution >= 4 is 11.9 Å². The van der Waals surface area contributed by atoms with Crippen molar-refractivity contribution in [1.82, 2.24) is 0 Å². The summed E-state index contributed by atoms with van der Waals surface area (Å²) in [6.45, 7) is 0. The maximum Gasteiger partial charge on any atom is 0.331 e. The van der Waals surface area contributed by atoms with Crippen molar-refractivity contribution in [3.63, 3.8) is 0 Å². The van der Waals surface area contributed by atoms with Crippen LogP contribution in [0.2, 0.25) is 0 Å². The van der Waals surface area contributed by atoms with E-state index in [9.17, 15) is 9.59 Å². The van der Waals surface area contributed by atoms with Gasteiger partial charge in [0.25, 0.3) is 0 Å². The van der Waals surface area contributed by atoms with Crippen molar-refractivity contribution in [3.05, 3.63) is 11.6 Å². The van der Waals surface area contributed by atoms with Gasteiger partial charge in [-0.2, -0.15) is 0 Å². The van der Waals surface area contributed by atoms with E-state index in [0.29, 0.717) is 5.57 Å². The molecule has 3 aliphatic carbocycles. The lowest BCUT2D eigenvalue weighted by Gasteiger charge is -2.38. The van der Waals surface area contributed by atoms with Crippen LogP contribution in [0.3, 0.4) is 0 Å². The number of carboxylic acid groups (broad SMARTS) is 1. The molecule has 3 unspecified atom stereocenters. The number of allylic oxidation sites excluding steroid dienone is 1. The standard InChI is InChI=1S/C11H14O4/c1-15-11(14)9-5-6-2-3-7(9)8(4-6)10(12)13/h4,6-7,9H,2-3,5H2,1H3,(H,12,13). The average Bonchev–Trinajstić information content (AvgIpc) is 2.28. The van der Waals surface area contributed by atoms with Crippen LogP contribution in [0.5, 0.6) is 0 Å². The molecular weight excluding hydrogens is 196 g/mol. The number of methoxy groups -OCH3 is 1. The fourth-order valence-corrected chi connectivity index (χ4v) is 2.75. The van der Waals surface area contributed by atoms with Gasteiger partial charge in [0.15, 0.2) is 0 Å². The third kappa shape index (κ3) is 1.64. The van der Waals surface area contributed by atoms with Gasteiger partial charge in [0.2, 0.25) is 0 Å². The van der Waals surface area contributed by atoms with Gasteiger partial charge in [0.1, 0.15) is 0 Å². The summed E-state index contributed by atoms with van der Waals surface area (Å²) >= 11 is 0. The first kappa shape index (κ1) is 10.2. The fourth-order valence-electron chi connectivity index (χ4n) is 2.75. The quantitative estimate of drug-likeness (QED) is 0.696. The van der Waals surface area contributed by atoms with Crippen molar-refractivity contribution in [2.24, 2.45) is 17.8 Å². The number of carboxylic acids is 1. The summed E-state index contributed by atoms with van der Waals surface area (Å²) in [7, 11) is 1.36. The molecule has 82 valence electrons. The van der Waals surface area contributed by atoms with Crippen LogP contribution in [-0.2, 0) is 14.3 Å². The average molecular weight is 210 g/mol. The van der Waals surface area contributed by atoms with Gasteiger partial charge in [-0.15, -0.1) is 0 Å². The summed E-state index contributed by atoms with van der Waals surface area (Å²) in [5, 5.41) is 9.01. The molecule has 1 N–H and O–H groups in total. The van der Waals surface area contributed by atoms with Crippen LogP contribution in [0.25, 0.3) is 0 Å². The van der Waals surface area contributed by atoms with Gasteiger partial charge in [-0.05, 0) is 25.2 Å². The van der Waals surface area contributed by atoms with Crippen LogP contribution in [0.1, 0.15) is 19.3 Å². The molecule has 0 spiro atoms. The Morgan fingerprint density at radius 2 is 2.20 bits per heavy atom. The molecule has 0 aliphatic heterocycles. The Kier molecular flexibility index (Phi) is 2.50. The summed E-state index contributed by atoms with van der Waals surface area (Å²) in [5.74, 6) is -1.30. The molecule has 2 bridgehead atoms. The number of carbonyl (C=O) groups excluding carboxylic acids is 1. The van der Waals surface area contributed by atoms with Gasteiger partial charge in [-0.25, -0.2) is 4.79 Å². The van der Waals surface area contributed by atoms with Gasteiger partial charge in [-0.1, -0.05) is 6.08 Å². The maximum absolute atomic E-state index is 11.5. The van der Waals surface area contributed by atoms with Crippen LogP contribution in [0.4, 0.5) is 0 Å². The lowest BCUT2D eigenvalue weighted by atomic mass is 9.65. The summed E-state index contributed by atoms with van der Waals surface area (Å²) in [6, 6.07) is 0. The van der Waals surface area contributed by atoms with Crippen molar-refractivity contribution in [1.29, 1.82) is 0 Å². The molecule has 0 amide bonds. The summed E-state index contributed by atoms with van der Waals surface area (Å²) in [4.78, 5) is 22.5. The first-order chi connectivity index (χ1) is 7.13. The number of hydrogen-bond acceptors (Lipinski definition) is 3. The van der Waals surface area contributed by atoms with Gasteiger partial charge in [-0.3, -0.25) is 4.79 Å². The molecule has 1 fully saturated rings. The van der Waals surface area contributed by atoms with Crippen molar-refractivity contribution < 1.29 is 19.4 Å².